The van der Waals surface area contributed by atoms with Crippen molar-refractivity contribution in [2.24, 2.45) is 0 Å². The van der Waals surface area contributed by atoms with Crippen molar-refractivity contribution >= 4 is 5.91 Å². The van der Waals surface area contributed by atoms with E-state index in [1.54, 1.807) is 24.7 Å². The molecule has 6 heteroatoms. The molecule has 1 aliphatic rings. The van der Waals surface area contributed by atoms with Crippen LogP contribution in [-0.2, 0) is 11.3 Å². The molecule has 122 valence electrons. The molecule has 0 aromatic carbocycles. The highest BCUT2D eigenvalue weighted by Crippen LogP contribution is 2.20. The Balaban J connectivity index is 1.53. The van der Waals surface area contributed by atoms with E-state index in [2.05, 4.69) is 10.1 Å². The molecular weight excluding hydrogens is 292 g/mol. The maximum absolute atomic E-state index is 12.5. The third kappa shape index (κ3) is 4.31. The molecule has 0 N–H and O–H groups in total. The van der Waals surface area contributed by atoms with Crippen LogP contribution >= 0.6 is 0 Å². The smallest absolute Gasteiger partial charge is 0.260 e. The molecule has 0 saturated carbocycles. The van der Waals surface area contributed by atoms with Crippen LogP contribution in [0, 0.1) is 0 Å². The Labute approximate surface area is 136 Å². The maximum atomic E-state index is 12.5. The summed E-state index contributed by atoms with van der Waals surface area (Å²) in [6.07, 6.45) is 11.3. The van der Waals surface area contributed by atoms with E-state index >= 15 is 0 Å². The molecule has 1 saturated heterocycles. The van der Waals surface area contributed by atoms with Gasteiger partial charge < -0.3 is 9.64 Å². The second-order valence-corrected chi connectivity index (χ2v) is 5.77. The average molecular weight is 314 g/mol. The lowest BCUT2D eigenvalue weighted by Crippen LogP contribution is -2.46. The van der Waals surface area contributed by atoms with Gasteiger partial charge in [-0.2, -0.15) is 5.10 Å². The third-order valence-electron chi connectivity index (χ3n) is 4.19. The van der Waals surface area contributed by atoms with Gasteiger partial charge in [0.1, 0.15) is 5.75 Å². The molecule has 1 fully saturated rings. The van der Waals surface area contributed by atoms with Crippen LogP contribution in [-0.4, -0.2) is 44.8 Å². The molecule has 0 unspecified atom stereocenters. The number of hydrogen-bond acceptors (Lipinski definition) is 4. The van der Waals surface area contributed by atoms with Crippen molar-refractivity contribution in [3.05, 3.63) is 43.0 Å². The SMILES string of the molecule is O=C(COc1cccnc1)N1CCCC[C@H]1CCn1cccn1. The molecule has 3 rings (SSSR count). The van der Waals surface area contributed by atoms with E-state index in [1.165, 1.54) is 6.42 Å². The Bertz CT molecular complexity index is 600. The van der Waals surface area contributed by atoms with Crippen LogP contribution < -0.4 is 4.74 Å². The first kappa shape index (κ1) is 15.5. The van der Waals surface area contributed by atoms with Crippen molar-refractivity contribution in [3.8, 4) is 5.75 Å². The predicted octanol–water partition coefficient (Wildman–Crippen LogP) is 2.13. The minimum absolute atomic E-state index is 0.0546. The first-order valence-corrected chi connectivity index (χ1v) is 8.12. The fraction of sp³-hybridized carbons (Fsp3) is 0.471. The van der Waals surface area contributed by atoms with Crippen molar-refractivity contribution in [1.82, 2.24) is 19.7 Å². The summed E-state index contributed by atoms with van der Waals surface area (Å²) >= 11 is 0. The predicted molar refractivity (Wildman–Crippen MR) is 85.9 cm³/mol. The fourth-order valence-corrected chi connectivity index (χ4v) is 3.00. The number of nitrogens with zero attached hydrogens (tertiary/aromatic N) is 4. The zero-order valence-electron chi connectivity index (χ0n) is 13.2. The molecule has 0 radical (unpaired) electrons. The van der Waals surface area contributed by atoms with Crippen molar-refractivity contribution in [2.75, 3.05) is 13.2 Å². The highest BCUT2D eigenvalue weighted by molar-refractivity contribution is 5.78. The fourth-order valence-electron chi connectivity index (χ4n) is 3.00. The number of ether oxygens (including phenoxy) is 1. The zero-order valence-corrected chi connectivity index (χ0v) is 13.2. The summed E-state index contributed by atoms with van der Waals surface area (Å²) in [5, 5.41) is 4.23. The highest BCUT2D eigenvalue weighted by Gasteiger charge is 2.26. The average Bonchev–Trinajstić information content (AvgIpc) is 3.12. The summed E-state index contributed by atoms with van der Waals surface area (Å²) in [5.41, 5.74) is 0. The van der Waals surface area contributed by atoms with E-state index < -0.39 is 0 Å². The summed E-state index contributed by atoms with van der Waals surface area (Å²) < 4.78 is 7.47. The Morgan fingerprint density at radius 2 is 2.26 bits per heavy atom. The van der Waals surface area contributed by atoms with E-state index in [0.29, 0.717) is 5.75 Å². The second-order valence-electron chi connectivity index (χ2n) is 5.77. The summed E-state index contributed by atoms with van der Waals surface area (Å²) in [6.45, 7) is 1.73. The van der Waals surface area contributed by atoms with Gasteiger partial charge in [-0.15, -0.1) is 0 Å². The largest absolute Gasteiger partial charge is 0.482 e. The zero-order chi connectivity index (χ0) is 15.9. The first-order chi connectivity index (χ1) is 11.3. The van der Waals surface area contributed by atoms with Crippen LogP contribution in [0.4, 0.5) is 0 Å². The van der Waals surface area contributed by atoms with Crippen LogP contribution in [0.3, 0.4) is 0 Å². The summed E-state index contributed by atoms with van der Waals surface area (Å²) in [7, 11) is 0. The quantitative estimate of drug-likeness (QED) is 0.819. The lowest BCUT2D eigenvalue weighted by Gasteiger charge is -2.35. The lowest BCUT2D eigenvalue weighted by atomic mass is 9.99. The van der Waals surface area contributed by atoms with Gasteiger partial charge in [0.25, 0.3) is 5.91 Å². The maximum Gasteiger partial charge on any atom is 0.260 e. The number of hydrogen-bond donors (Lipinski definition) is 0. The topological polar surface area (TPSA) is 60.2 Å². The number of carbonyl (C=O) groups excluding carboxylic acids is 1. The van der Waals surface area contributed by atoms with Crippen LogP contribution in [0.2, 0.25) is 0 Å². The number of carbonyl (C=O) groups is 1. The second kappa shape index (κ2) is 7.76. The summed E-state index contributed by atoms with van der Waals surface area (Å²) in [4.78, 5) is 18.5. The van der Waals surface area contributed by atoms with Gasteiger partial charge in [-0.05, 0) is 43.9 Å². The number of piperidine rings is 1. The van der Waals surface area contributed by atoms with Crippen molar-refractivity contribution in [1.29, 1.82) is 0 Å². The molecule has 3 heterocycles. The summed E-state index contributed by atoms with van der Waals surface area (Å²) in [6, 6.07) is 5.81. The summed E-state index contributed by atoms with van der Waals surface area (Å²) in [5.74, 6) is 0.685. The molecule has 2 aromatic rings. The number of aromatic nitrogens is 3. The van der Waals surface area contributed by atoms with E-state index in [0.717, 1.165) is 32.4 Å². The minimum Gasteiger partial charge on any atom is -0.482 e. The molecule has 1 aliphatic heterocycles. The molecule has 1 atom stereocenters. The Kier molecular flexibility index (Phi) is 5.24. The van der Waals surface area contributed by atoms with Crippen molar-refractivity contribution in [3.63, 3.8) is 0 Å². The van der Waals surface area contributed by atoms with Gasteiger partial charge in [-0.1, -0.05) is 0 Å². The molecular formula is C17H22N4O2. The van der Waals surface area contributed by atoms with Gasteiger partial charge >= 0.3 is 0 Å². The van der Waals surface area contributed by atoms with E-state index in [1.807, 2.05) is 27.9 Å². The number of likely N-dealkylation sites (tertiary alicyclic amines) is 1. The monoisotopic (exact) mass is 314 g/mol. The van der Waals surface area contributed by atoms with Gasteiger partial charge in [-0.25, -0.2) is 0 Å². The van der Waals surface area contributed by atoms with Gasteiger partial charge in [0.2, 0.25) is 0 Å². The molecule has 6 nitrogen and oxygen atoms in total. The number of pyridine rings is 1. The molecule has 0 bridgehead atoms. The van der Waals surface area contributed by atoms with E-state index in [9.17, 15) is 4.79 Å². The lowest BCUT2D eigenvalue weighted by molar-refractivity contribution is -0.137. The minimum atomic E-state index is 0.0546. The van der Waals surface area contributed by atoms with Crippen LogP contribution in [0.1, 0.15) is 25.7 Å². The van der Waals surface area contributed by atoms with E-state index in [-0.39, 0.29) is 18.6 Å². The Morgan fingerprint density at radius 1 is 1.30 bits per heavy atom. The molecule has 1 amide bonds. The van der Waals surface area contributed by atoms with Gasteiger partial charge in [-0.3, -0.25) is 14.5 Å². The highest BCUT2D eigenvalue weighted by atomic mass is 16.5. The van der Waals surface area contributed by atoms with Gasteiger partial charge in [0.15, 0.2) is 6.61 Å². The molecule has 2 aromatic heterocycles. The van der Waals surface area contributed by atoms with Crippen LogP contribution in [0.15, 0.2) is 43.0 Å². The molecule has 0 aliphatic carbocycles. The third-order valence-corrected chi connectivity index (χ3v) is 4.19. The van der Waals surface area contributed by atoms with Crippen LogP contribution in [0.5, 0.6) is 5.75 Å². The first-order valence-electron chi connectivity index (χ1n) is 8.12. The molecule has 0 spiro atoms. The van der Waals surface area contributed by atoms with Crippen molar-refractivity contribution in [2.45, 2.75) is 38.3 Å². The van der Waals surface area contributed by atoms with E-state index in [4.69, 9.17) is 4.74 Å². The molecule has 23 heavy (non-hydrogen) atoms. The Hall–Kier alpha value is -2.37. The van der Waals surface area contributed by atoms with Gasteiger partial charge in [0.05, 0.1) is 6.20 Å². The number of amides is 1. The Morgan fingerprint density at radius 3 is 3.04 bits per heavy atom. The normalized spacial score (nSPS) is 17.9. The van der Waals surface area contributed by atoms with Gasteiger partial charge in [0, 0.05) is 37.7 Å². The number of rotatable bonds is 6. The number of aryl methyl sites for hydroxylation is 1. The van der Waals surface area contributed by atoms with Crippen molar-refractivity contribution < 1.29 is 9.53 Å². The standard InChI is InChI=1S/C17H22N4O2/c22-17(14-23-16-6-3-8-18-13-16)21-11-2-1-5-15(21)7-12-20-10-4-9-19-20/h3-4,6,8-10,13,15H,1-2,5,7,11-12,14H2/t15-/m0/s1. The van der Waals surface area contributed by atoms with Crippen LogP contribution in [0.25, 0.3) is 0 Å².